The molecule has 0 radical (unpaired) electrons. The van der Waals surface area contributed by atoms with Crippen LogP contribution in [0, 0.1) is 6.92 Å². The molecule has 0 fully saturated rings. The largest absolute Gasteiger partial charge is 0.493 e. The van der Waals surface area contributed by atoms with Gasteiger partial charge < -0.3 is 9.84 Å². The summed E-state index contributed by atoms with van der Waals surface area (Å²) in [7, 11) is 0. The van der Waals surface area contributed by atoms with Crippen LogP contribution in [0.1, 0.15) is 29.3 Å². The van der Waals surface area contributed by atoms with Crippen molar-refractivity contribution in [1.82, 2.24) is 9.78 Å². The van der Waals surface area contributed by atoms with E-state index in [-0.39, 0.29) is 5.56 Å². The first kappa shape index (κ1) is 21.7. The van der Waals surface area contributed by atoms with Gasteiger partial charge in [0.25, 0.3) is 0 Å². The highest BCUT2D eigenvalue weighted by Gasteiger charge is 2.18. The SMILES string of the molecule is CCCOc1ccc(C(=O)O)cc1-c1cc(-c2ccc(Cl)cc2)n(-c2cccc(C)c2)n1. The topological polar surface area (TPSA) is 64.3 Å². The van der Waals surface area contributed by atoms with Crippen molar-refractivity contribution >= 4 is 17.6 Å². The third kappa shape index (κ3) is 4.53. The van der Waals surface area contributed by atoms with Crippen LogP contribution in [0.4, 0.5) is 0 Å². The van der Waals surface area contributed by atoms with Crippen molar-refractivity contribution in [1.29, 1.82) is 0 Å². The maximum atomic E-state index is 11.6. The molecule has 1 aromatic heterocycles. The number of nitrogens with zero attached hydrogens (tertiary/aromatic N) is 2. The second-order valence-corrected chi connectivity index (χ2v) is 7.97. The molecule has 0 amide bonds. The van der Waals surface area contributed by atoms with Crippen LogP contribution in [-0.4, -0.2) is 27.5 Å². The minimum Gasteiger partial charge on any atom is -0.493 e. The summed E-state index contributed by atoms with van der Waals surface area (Å²) < 4.78 is 7.77. The average Bonchev–Trinajstić information content (AvgIpc) is 3.23. The second kappa shape index (κ2) is 9.28. The molecular weight excluding hydrogens is 424 g/mol. The molecule has 0 bridgehead atoms. The van der Waals surface area contributed by atoms with E-state index in [1.165, 1.54) is 0 Å². The van der Waals surface area contributed by atoms with Crippen LogP contribution in [0.5, 0.6) is 5.75 Å². The Kier molecular flexibility index (Phi) is 6.28. The van der Waals surface area contributed by atoms with Gasteiger partial charge in [-0.15, -0.1) is 0 Å². The number of aromatic nitrogens is 2. The van der Waals surface area contributed by atoms with Gasteiger partial charge in [0, 0.05) is 16.1 Å². The minimum absolute atomic E-state index is 0.182. The van der Waals surface area contributed by atoms with Gasteiger partial charge in [-0.3, -0.25) is 0 Å². The standard InChI is InChI=1S/C26H23ClN2O3/c1-3-13-32-25-12-9-19(26(30)31)15-22(25)23-16-24(18-7-10-20(27)11-8-18)29(28-23)21-6-4-5-17(2)14-21/h4-12,14-16H,3,13H2,1-2H3,(H,30,31). The monoisotopic (exact) mass is 446 g/mol. The number of hydrogen-bond acceptors (Lipinski definition) is 3. The van der Waals surface area contributed by atoms with Gasteiger partial charge in [-0.25, -0.2) is 9.48 Å². The first-order chi connectivity index (χ1) is 15.5. The quantitative estimate of drug-likeness (QED) is 0.345. The fourth-order valence-corrected chi connectivity index (χ4v) is 3.62. The summed E-state index contributed by atoms with van der Waals surface area (Å²) in [6.45, 7) is 4.58. The molecule has 0 atom stereocenters. The third-order valence-electron chi connectivity index (χ3n) is 5.06. The van der Waals surface area contributed by atoms with Gasteiger partial charge in [0.1, 0.15) is 5.75 Å². The maximum Gasteiger partial charge on any atom is 0.335 e. The highest BCUT2D eigenvalue weighted by Crippen LogP contribution is 2.35. The number of aryl methyl sites for hydroxylation is 1. The van der Waals surface area contributed by atoms with Gasteiger partial charge in [0.05, 0.1) is 29.2 Å². The molecule has 3 aromatic carbocycles. The van der Waals surface area contributed by atoms with Crippen molar-refractivity contribution in [3.05, 3.63) is 88.9 Å². The van der Waals surface area contributed by atoms with Crippen molar-refractivity contribution in [2.75, 3.05) is 6.61 Å². The number of aromatic carboxylic acids is 1. The smallest absolute Gasteiger partial charge is 0.335 e. The Morgan fingerprint density at radius 1 is 1.06 bits per heavy atom. The molecule has 0 aliphatic rings. The molecule has 0 saturated heterocycles. The molecule has 0 aliphatic heterocycles. The lowest BCUT2D eigenvalue weighted by atomic mass is 10.1. The van der Waals surface area contributed by atoms with Gasteiger partial charge >= 0.3 is 5.97 Å². The Bertz CT molecular complexity index is 1260. The van der Waals surface area contributed by atoms with E-state index in [4.69, 9.17) is 21.4 Å². The number of carboxylic acids is 1. The lowest BCUT2D eigenvalue weighted by molar-refractivity contribution is 0.0697. The normalized spacial score (nSPS) is 10.8. The molecule has 4 aromatic rings. The number of benzene rings is 3. The van der Waals surface area contributed by atoms with Crippen molar-refractivity contribution < 1.29 is 14.6 Å². The lowest BCUT2D eigenvalue weighted by Crippen LogP contribution is -2.02. The van der Waals surface area contributed by atoms with Crippen molar-refractivity contribution in [2.24, 2.45) is 0 Å². The minimum atomic E-state index is -0.996. The molecule has 0 aliphatic carbocycles. The number of rotatable bonds is 7. The summed E-state index contributed by atoms with van der Waals surface area (Å²) in [6, 6.07) is 22.4. The van der Waals surface area contributed by atoms with E-state index in [0.29, 0.717) is 28.6 Å². The second-order valence-electron chi connectivity index (χ2n) is 7.54. The van der Waals surface area contributed by atoms with E-state index < -0.39 is 5.97 Å². The Labute approximate surface area is 191 Å². The van der Waals surface area contributed by atoms with E-state index in [1.807, 2.05) is 67.1 Å². The van der Waals surface area contributed by atoms with Gasteiger partial charge in [-0.05, 0) is 67.4 Å². The third-order valence-corrected chi connectivity index (χ3v) is 5.31. The maximum absolute atomic E-state index is 11.6. The summed E-state index contributed by atoms with van der Waals surface area (Å²) >= 11 is 6.10. The number of halogens is 1. The van der Waals surface area contributed by atoms with Crippen molar-refractivity contribution in [2.45, 2.75) is 20.3 Å². The van der Waals surface area contributed by atoms with Crippen LogP contribution in [0.3, 0.4) is 0 Å². The Morgan fingerprint density at radius 3 is 2.53 bits per heavy atom. The van der Waals surface area contributed by atoms with Crippen LogP contribution in [0.15, 0.2) is 72.8 Å². The predicted octanol–water partition coefficient (Wildman–Crippen LogP) is 6.66. The number of carboxylic acid groups (broad SMARTS) is 1. The van der Waals surface area contributed by atoms with Crippen LogP contribution in [-0.2, 0) is 0 Å². The highest BCUT2D eigenvalue weighted by molar-refractivity contribution is 6.30. The Morgan fingerprint density at radius 2 is 1.84 bits per heavy atom. The molecule has 162 valence electrons. The predicted molar refractivity (Wildman–Crippen MR) is 127 cm³/mol. The summed E-state index contributed by atoms with van der Waals surface area (Å²) in [6.07, 6.45) is 0.841. The highest BCUT2D eigenvalue weighted by atomic mass is 35.5. The van der Waals surface area contributed by atoms with Crippen LogP contribution >= 0.6 is 11.6 Å². The van der Waals surface area contributed by atoms with Gasteiger partial charge in [-0.2, -0.15) is 5.10 Å². The molecule has 6 heteroatoms. The summed E-state index contributed by atoms with van der Waals surface area (Å²) in [5, 5.41) is 15.0. The zero-order chi connectivity index (χ0) is 22.7. The molecule has 32 heavy (non-hydrogen) atoms. The van der Waals surface area contributed by atoms with Crippen molar-refractivity contribution in [3.8, 4) is 34.0 Å². The molecule has 1 N–H and O–H groups in total. The van der Waals surface area contributed by atoms with Crippen LogP contribution in [0.2, 0.25) is 5.02 Å². The van der Waals surface area contributed by atoms with Crippen LogP contribution in [0.25, 0.3) is 28.2 Å². The van der Waals surface area contributed by atoms with E-state index in [9.17, 15) is 9.90 Å². The number of carbonyl (C=O) groups is 1. The fourth-order valence-electron chi connectivity index (χ4n) is 3.50. The molecule has 1 heterocycles. The molecule has 0 unspecified atom stereocenters. The molecule has 5 nitrogen and oxygen atoms in total. The molecule has 0 saturated carbocycles. The number of ether oxygens (including phenoxy) is 1. The molecule has 0 spiro atoms. The zero-order valence-corrected chi connectivity index (χ0v) is 18.6. The van der Waals surface area contributed by atoms with E-state index >= 15 is 0 Å². The van der Waals surface area contributed by atoms with Gasteiger partial charge in [-0.1, -0.05) is 42.8 Å². The van der Waals surface area contributed by atoms with Crippen LogP contribution < -0.4 is 4.74 Å². The first-order valence-electron chi connectivity index (χ1n) is 10.4. The van der Waals surface area contributed by atoms with Gasteiger partial charge in [0.2, 0.25) is 0 Å². The average molecular weight is 447 g/mol. The Hall–Kier alpha value is -3.57. The summed E-state index contributed by atoms with van der Waals surface area (Å²) in [5.41, 5.74) is 5.28. The van der Waals surface area contributed by atoms with E-state index in [1.54, 1.807) is 18.2 Å². The first-order valence-corrected chi connectivity index (χ1v) is 10.8. The summed E-state index contributed by atoms with van der Waals surface area (Å²) in [5.74, 6) is -0.391. The number of hydrogen-bond donors (Lipinski definition) is 1. The summed E-state index contributed by atoms with van der Waals surface area (Å²) in [4.78, 5) is 11.6. The van der Waals surface area contributed by atoms with E-state index in [2.05, 4.69) is 6.07 Å². The van der Waals surface area contributed by atoms with E-state index in [0.717, 1.165) is 28.9 Å². The lowest BCUT2D eigenvalue weighted by Gasteiger charge is -2.10. The zero-order valence-electron chi connectivity index (χ0n) is 17.9. The fraction of sp³-hybridized carbons (Fsp3) is 0.154. The van der Waals surface area contributed by atoms with Crippen molar-refractivity contribution in [3.63, 3.8) is 0 Å². The molecular formula is C26H23ClN2O3. The van der Waals surface area contributed by atoms with Gasteiger partial charge in [0.15, 0.2) is 0 Å². The molecule has 4 rings (SSSR count). The Balaban J connectivity index is 1.92.